The van der Waals surface area contributed by atoms with Crippen LogP contribution >= 0.6 is 15.9 Å². The van der Waals surface area contributed by atoms with Gasteiger partial charge in [-0.05, 0) is 34.8 Å². The van der Waals surface area contributed by atoms with E-state index in [1.165, 1.54) is 25.3 Å². The quantitative estimate of drug-likeness (QED) is 0.675. The molecular weight excluding hydrogens is 284 g/mol. The Labute approximate surface area is 109 Å². The molecule has 2 rings (SSSR count). The molecule has 0 aromatic heterocycles. The van der Waals surface area contributed by atoms with Gasteiger partial charge < -0.3 is 5.32 Å². The van der Waals surface area contributed by atoms with Crippen molar-refractivity contribution < 1.29 is 4.92 Å². The van der Waals surface area contributed by atoms with Crippen LogP contribution in [-0.4, -0.2) is 11.0 Å². The Balaban J connectivity index is 2.13. The zero-order valence-corrected chi connectivity index (χ0v) is 11.1. The van der Waals surface area contributed by atoms with Gasteiger partial charge in [0.25, 0.3) is 5.69 Å². The van der Waals surface area contributed by atoms with E-state index in [1.54, 1.807) is 12.1 Å². The summed E-state index contributed by atoms with van der Waals surface area (Å²) < 4.78 is 0.883. The van der Waals surface area contributed by atoms with Crippen molar-refractivity contribution >= 4 is 27.3 Å². The molecule has 0 bridgehead atoms. The normalized spacial score (nSPS) is 16.8. The Kier molecular flexibility index (Phi) is 3.99. The number of nitrogens with zero attached hydrogens (tertiary/aromatic N) is 1. The number of rotatable bonds is 3. The minimum absolute atomic E-state index is 0.131. The van der Waals surface area contributed by atoms with Crippen LogP contribution in [0.2, 0.25) is 0 Å². The summed E-state index contributed by atoms with van der Waals surface area (Å²) in [6, 6.07) is 5.28. The largest absolute Gasteiger partial charge is 0.381 e. The summed E-state index contributed by atoms with van der Waals surface area (Å²) in [4.78, 5) is 10.4. The molecule has 1 aromatic rings. The predicted octanol–water partition coefficient (Wildman–Crippen LogP) is 4.10. The van der Waals surface area contributed by atoms with Crippen molar-refractivity contribution in [3.05, 3.63) is 32.8 Å². The molecule has 0 atom stereocenters. The van der Waals surface area contributed by atoms with E-state index in [9.17, 15) is 10.1 Å². The molecule has 1 aromatic carbocycles. The molecule has 17 heavy (non-hydrogen) atoms. The Bertz CT molecular complexity index is 417. The fraction of sp³-hybridized carbons (Fsp3) is 0.500. The second kappa shape index (κ2) is 5.49. The molecule has 4 nitrogen and oxygen atoms in total. The van der Waals surface area contributed by atoms with Gasteiger partial charge in [-0.1, -0.05) is 19.3 Å². The maximum Gasteiger partial charge on any atom is 0.271 e. The van der Waals surface area contributed by atoms with E-state index in [4.69, 9.17) is 0 Å². The Morgan fingerprint density at radius 3 is 2.65 bits per heavy atom. The van der Waals surface area contributed by atoms with Crippen LogP contribution in [0, 0.1) is 10.1 Å². The highest BCUT2D eigenvalue weighted by molar-refractivity contribution is 9.10. The number of non-ortho nitro benzene ring substituents is 1. The molecule has 1 aliphatic carbocycles. The van der Waals surface area contributed by atoms with Crippen molar-refractivity contribution in [1.29, 1.82) is 0 Å². The van der Waals surface area contributed by atoms with Crippen molar-refractivity contribution in [2.45, 2.75) is 38.1 Å². The van der Waals surface area contributed by atoms with E-state index in [2.05, 4.69) is 21.2 Å². The molecule has 92 valence electrons. The number of hydrogen-bond donors (Lipinski definition) is 1. The highest BCUT2D eigenvalue weighted by Gasteiger charge is 2.16. The first-order valence-electron chi connectivity index (χ1n) is 5.87. The zero-order chi connectivity index (χ0) is 12.3. The summed E-state index contributed by atoms with van der Waals surface area (Å²) in [6.07, 6.45) is 6.08. The summed E-state index contributed by atoms with van der Waals surface area (Å²) in [7, 11) is 0. The lowest BCUT2D eigenvalue weighted by Crippen LogP contribution is -2.22. The number of nitro benzene ring substituents is 1. The minimum atomic E-state index is -0.363. The maximum absolute atomic E-state index is 10.7. The van der Waals surface area contributed by atoms with E-state index in [-0.39, 0.29) is 10.6 Å². The topological polar surface area (TPSA) is 55.2 Å². The van der Waals surface area contributed by atoms with Crippen molar-refractivity contribution in [1.82, 2.24) is 0 Å². The predicted molar refractivity (Wildman–Crippen MR) is 71.3 cm³/mol. The van der Waals surface area contributed by atoms with Crippen LogP contribution in [0.1, 0.15) is 32.1 Å². The summed E-state index contributed by atoms with van der Waals surface area (Å²) in [5.74, 6) is 0. The molecule has 0 heterocycles. The van der Waals surface area contributed by atoms with Gasteiger partial charge in [0.1, 0.15) is 0 Å². The van der Waals surface area contributed by atoms with Crippen LogP contribution in [0.15, 0.2) is 22.7 Å². The first-order valence-corrected chi connectivity index (χ1v) is 6.66. The van der Waals surface area contributed by atoms with Crippen LogP contribution in [0.3, 0.4) is 0 Å². The van der Waals surface area contributed by atoms with Gasteiger partial charge in [-0.25, -0.2) is 0 Å². The molecule has 0 radical (unpaired) electrons. The Morgan fingerprint density at radius 2 is 2.00 bits per heavy atom. The number of halogens is 1. The van der Waals surface area contributed by atoms with Crippen molar-refractivity contribution in [3.8, 4) is 0 Å². The fourth-order valence-corrected chi connectivity index (χ4v) is 2.57. The van der Waals surface area contributed by atoms with Gasteiger partial charge in [-0.3, -0.25) is 10.1 Å². The zero-order valence-electron chi connectivity index (χ0n) is 9.49. The third kappa shape index (κ3) is 3.19. The van der Waals surface area contributed by atoms with Crippen molar-refractivity contribution in [2.24, 2.45) is 0 Å². The monoisotopic (exact) mass is 298 g/mol. The first-order chi connectivity index (χ1) is 8.16. The number of nitro groups is 1. The second-order valence-corrected chi connectivity index (χ2v) is 5.25. The Morgan fingerprint density at radius 1 is 1.29 bits per heavy atom. The number of nitrogens with one attached hydrogen (secondary N) is 1. The van der Waals surface area contributed by atoms with E-state index >= 15 is 0 Å². The molecule has 1 aliphatic rings. The van der Waals surface area contributed by atoms with E-state index in [1.807, 2.05) is 0 Å². The van der Waals surface area contributed by atoms with E-state index in [0.717, 1.165) is 23.0 Å². The average Bonchev–Trinajstić information content (AvgIpc) is 2.33. The number of benzene rings is 1. The molecule has 0 unspecified atom stereocenters. The molecule has 1 N–H and O–H groups in total. The van der Waals surface area contributed by atoms with Gasteiger partial charge in [-0.15, -0.1) is 0 Å². The summed E-state index contributed by atoms with van der Waals surface area (Å²) in [5, 5.41) is 14.1. The van der Waals surface area contributed by atoms with Crippen LogP contribution in [0.5, 0.6) is 0 Å². The first kappa shape index (κ1) is 12.4. The summed E-state index contributed by atoms with van der Waals surface area (Å²) in [5.41, 5.74) is 0.956. The lowest BCUT2D eigenvalue weighted by molar-refractivity contribution is -0.384. The molecule has 0 aliphatic heterocycles. The van der Waals surface area contributed by atoms with Crippen LogP contribution < -0.4 is 5.32 Å². The molecule has 0 amide bonds. The van der Waals surface area contributed by atoms with Gasteiger partial charge >= 0.3 is 0 Å². The van der Waals surface area contributed by atoms with Gasteiger partial charge in [0, 0.05) is 22.6 Å². The third-order valence-electron chi connectivity index (χ3n) is 3.13. The van der Waals surface area contributed by atoms with Crippen molar-refractivity contribution in [2.75, 3.05) is 5.32 Å². The Hall–Kier alpha value is -1.10. The lowest BCUT2D eigenvalue weighted by atomic mass is 9.95. The highest BCUT2D eigenvalue weighted by Crippen LogP contribution is 2.30. The van der Waals surface area contributed by atoms with E-state index < -0.39 is 0 Å². The molecule has 5 heteroatoms. The van der Waals surface area contributed by atoms with E-state index in [0.29, 0.717) is 6.04 Å². The number of hydrogen-bond acceptors (Lipinski definition) is 3. The lowest BCUT2D eigenvalue weighted by Gasteiger charge is -2.24. The molecule has 0 spiro atoms. The summed E-state index contributed by atoms with van der Waals surface area (Å²) >= 11 is 3.42. The highest BCUT2D eigenvalue weighted by atomic mass is 79.9. The molecule has 0 saturated heterocycles. The van der Waals surface area contributed by atoms with Gasteiger partial charge in [-0.2, -0.15) is 0 Å². The smallest absolute Gasteiger partial charge is 0.271 e. The number of anilines is 1. The molecule has 1 saturated carbocycles. The molecule has 1 fully saturated rings. The van der Waals surface area contributed by atoms with Crippen LogP contribution in [0.25, 0.3) is 0 Å². The van der Waals surface area contributed by atoms with Crippen molar-refractivity contribution in [3.63, 3.8) is 0 Å². The summed E-state index contributed by atoms with van der Waals surface area (Å²) in [6.45, 7) is 0. The van der Waals surface area contributed by atoms with Crippen LogP contribution in [-0.2, 0) is 0 Å². The maximum atomic E-state index is 10.7. The SMILES string of the molecule is O=[N+]([O-])c1ccc(Br)c(NC2CCCCC2)c1. The van der Waals surface area contributed by atoms with Gasteiger partial charge in [0.15, 0.2) is 0 Å². The standard InChI is InChI=1S/C12H15BrN2O2/c13-11-7-6-10(15(16)17)8-12(11)14-9-4-2-1-3-5-9/h6-9,14H,1-5H2. The third-order valence-corrected chi connectivity index (χ3v) is 3.82. The molecular formula is C12H15BrN2O2. The van der Waals surface area contributed by atoms with Crippen LogP contribution in [0.4, 0.5) is 11.4 Å². The fourth-order valence-electron chi connectivity index (χ4n) is 2.20. The average molecular weight is 299 g/mol. The van der Waals surface area contributed by atoms with Gasteiger partial charge in [0.05, 0.1) is 10.6 Å². The minimum Gasteiger partial charge on any atom is -0.381 e. The van der Waals surface area contributed by atoms with Gasteiger partial charge in [0.2, 0.25) is 0 Å². The second-order valence-electron chi connectivity index (χ2n) is 4.40.